The zero-order chi connectivity index (χ0) is 7.31. The summed E-state index contributed by atoms with van der Waals surface area (Å²) in [4.78, 5) is 0. The summed E-state index contributed by atoms with van der Waals surface area (Å²) in [6.07, 6.45) is 9.36. The van der Waals surface area contributed by atoms with Gasteiger partial charge in [-0.05, 0) is 38.5 Å². The van der Waals surface area contributed by atoms with Gasteiger partial charge in [-0.2, -0.15) is 0 Å². The van der Waals surface area contributed by atoms with Gasteiger partial charge in [0.2, 0.25) is 0 Å². The van der Waals surface area contributed by atoms with Crippen molar-refractivity contribution in [1.29, 1.82) is 0 Å². The van der Waals surface area contributed by atoms with E-state index in [0.29, 0.717) is 5.60 Å². The Hall–Kier alpha value is -0.460. The smallest absolute Gasteiger partial charge is 0.133 e. The predicted molar refractivity (Wildman–Crippen MR) is 43.2 cm³/mol. The van der Waals surface area contributed by atoms with Gasteiger partial charge in [-0.15, -0.1) is 0 Å². The first kappa shape index (κ1) is 6.10. The summed E-state index contributed by atoms with van der Waals surface area (Å²) in [6, 6.07) is 0. The van der Waals surface area contributed by atoms with Crippen LogP contribution >= 0.6 is 0 Å². The van der Waals surface area contributed by atoms with Gasteiger partial charge in [0.05, 0.1) is 0 Å². The van der Waals surface area contributed by atoms with E-state index in [1.165, 1.54) is 50.7 Å². The van der Waals surface area contributed by atoms with E-state index in [0.717, 1.165) is 0 Å². The van der Waals surface area contributed by atoms with E-state index in [1.807, 2.05) is 0 Å². The first-order valence-corrected chi connectivity index (χ1v) is 4.82. The van der Waals surface area contributed by atoms with Crippen LogP contribution in [-0.4, -0.2) is 5.60 Å². The van der Waals surface area contributed by atoms with Gasteiger partial charge in [-0.25, -0.2) is 0 Å². The van der Waals surface area contributed by atoms with Crippen molar-refractivity contribution in [3.63, 3.8) is 0 Å². The van der Waals surface area contributed by atoms with Crippen LogP contribution in [0.5, 0.6) is 0 Å². The maximum Gasteiger partial charge on any atom is 0.133 e. The van der Waals surface area contributed by atoms with E-state index >= 15 is 0 Å². The van der Waals surface area contributed by atoms with E-state index in [2.05, 4.69) is 0 Å². The Morgan fingerprint density at radius 3 is 2.73 bits per heavy atom. The molecule has 1 atom stereocenters. The summed E-state index contributed by atoms with van der Waals surface area (Å²) in [5, 5.41) is 0. The van der Waals surface area contributed by atoms with E-state index < -0.39 is 0 Å². The molecule has 0 radical (unpaired) electrons. The van der Waals surface area contributed by atoms with Crippen molar-refractivity contribution < 1.29 is 4.74 Å². The highest BCUT2D eigenvalue weighted by Gasteiger charge is 2.50. The molecule has 1 aliphatic heterocycles. The van der Waals surface area contributed by atoms with Crippen LogP contribution in [0.2, 0.25) is 0 Å². The summed E-state index contributed by atoms with van der Waals surface area (Å²) in [5.74, 6) is 1.37. The fourth-order valence-electron chi connectivity index (χ4n) is 2.91. The van der Waals surface area contributed by atoms with E-state index in [1.54, 1.807) is 5.57 Å². The molecule has 2 bridgehead atoms. The zero-order valence-corrected chi connectivity index (χ0v) is 6.86. The first-order valence-electron chi connectivity index (χ1n) is 4.82. The Labute approximate surface area is 67.4 Å². The molecule has 0 saturated heterocycles. The van der Waals surface area contributed by atoms with Crippen molar-refractivity contribution in [2.24, 2.45) is 0 Å². The predicted octanol–water partition coefficient (Wildman–Crippen LogP) is 2.77. The topological polar surface area (TPSA) is 9.23 Å². The monoisotopic (exact) mass is 150 g/mol. The standard InChI is InChI=1S/C10H14O/c1-2-6-10-7-3-5-9(11-10)8(10)4-1/h1-7H2. The summed E-state index contributed by atoms with van der Waals surface area (Å²) in [5.41, 5.74) is 2.00. The molecule has 3 aliphatic rings. The maximum absolute atomic E-state index is 5.85. The van der Waals surface area contributed by atoms with Crippen molar-refractivity contribution >= 4 is 0 Å². The number of rotatable bonds is 0. The Kier molecular flexibility index (Phi) is 1.01. The molecule has 0 aromatic heterocycles. The molecule has 0 aromatic carbocycles. The van der Waals surface area contributed by atoms with Crippen LogP contribution in [0.1, 0.15) is 44.9 Å². The van der Waals surface area contributed by atoms with Crippen LogP contribution < -0.4 is 0 Å². The Morgan fingerprint density at radius 2 is 1.91 bits per heavy atom. The summed E-state index contributed by atoms with van der Waals surface area (Å²) >= 11 is 0. The van der Waals surface area contributed by atoms with Gasteiger partial charge in [-0.3, -0.25) is 0 Å². The minimum atomic E-state index is 0.297. The molecular weight excluding hydrogens is 136 g/mol. The van der Waals surface area contributed by atoms with Crippen molar-refractivity contribution in [3.05, 3.63) is 11.3 Å². The second-order valence-electron chi connectivity index (χ2n) is 4.06. The summed E-state index contributed by atoms with van der Waals surface area (Å²) in [6.45, 7) is 0. The lowest BCUT2D eigenvalue weighted by Gasteiger charge is -2.52. The van der Waals surface area contributed by atoms with Crippen LogP contribution in [0, 0.1) is 0 Å². The lowest BCUT2D eigenvalue weighted by atomic mass is 9.69. The molecule has 1 unspecified atom stereocenters. The van der Waals surface area contributed by atoms with Crippen molar-refractivity contribution in [2.75, 3.05) is 0 Å². The fraction of sp³-hybridized carbons (Fsp3) is 0.800. The molecule has 0 N–H and O–H groups in total. The molecule has 11 heavy (non-hydrogen) atoms. The fourth-order valence-corrected chi connectivity index (χ4v) is 2.91. The molecule has 1 saturated carbocycles. The second-order valence-corrected chi connectivity index (χ2v) is 4.06. The Bertz CT molecular complexity index is 229. The lowest BCUT2D eigenvalue weighted by Crippen LogP contribution is -2.48. The number of hydrogen-bond donors (Lipinski definition) is 0. The highest BCUT2D eigenvalue weighted by atomic mass is 16.5. The Morgan fingerprint density at radius 1 is 1.00 bits per heavy atom. The number of allylic oxidation sites excluding steroid dienone is 1. The normalized spacial score (nSPS) is 40.7. The molecule has 1 fully saturated rings. The molecule has 60 valence electrons. The molecule has 0 aromatic rings. The van der Waals surface area contributed by atoms with Gasteiger partial charge < -0.3 is 4.74 Å². The average Bonchev–Trinajstić information content (AvgIpc) is 2.04. The zero-order valence-electron chi connectivity index (χ0n) is 6.86. The number of ether oxygens (including phenoxy) is 1. The Balaban J connectivity index is 2.01. The van der Waals surface area contributed by atoms with Crippen LogP contribution in [0.15, 0.2) is 11.3 Å². The van der Waals surface area contributed by atoms with Crippen molar-refractivity contribution in [2.45, 2.75) is 50.5 Å². The molecule has 1 heteroatoms. The minimum absolute atomic E-state index is 0.297. The largest absolute Gasteiger partial charge is 0.487 e. The van der Waals surface area contributed by atoms with E-state index in [9.17, 15) is 0 Å². The van der Waals surface area contributed by atoms with Gasteiger partial charge >= 0.3 is 0 Å². The van der Waals surface area contributed by atoms with E-state index in [-0.39, 0.29) is 0 Å². The van der Waals surface area contributed by atoms with Gasteiger partial charge in [0.1, 0.15) is 11.4 Å². The molecule has 1 heterocycles. The van der Waals surface area contributed by atoms with Crippen LogP contribution in [-0.2, 0) is 4.74 Å². The molecule has 2 aliphatic carbocycles. The highest BCUT2D eigenvalue weighted by Crippen LogP contribution is 2.54. The molecule has 3 rings (SSSR count). The molecular formula is C10H14O. The summed E-state index contributed by atoms with van der Waals surface area (Å²) in [7, 11) is 0. The van der Waals surface area contributed by atoms with E-state index in [4.69, 9.17) is 4.74 Å². The average molecular weight is 150 g/mol. The maximum atomic E-state index is 5.85. The van der Waals surface area contributed by atoms with Gasteiger partial charge in [0.25, 0.3) is 0 Å². The third-order valence-corrected chi connectivity index (χ3v) is 3.45. The molecule has 0 spiro atoms. The van der Waals surface area contributed by atoms with Crippen molar-refractivity contribution in [3.8, 4) is 0 Å². The molecule has 0 amide bonds. The highest BCUT2D eigenvalue weighted by molar-refractivity contribution is 5.34. The second kappa shape index (κ2) is 1.82. The van der Waals surface area contributed by atoms with Crippen LogP contribution in [0.3, 0.4) is 0 Å². The van der Waals surface area contributed by atoms with Crippen LogP contribution in [0.4, 0.5) is 0 Å². The van der Waals surface area contributed by atoms with Crippen molar-refractivity contribution in [1.82, 2.24) is 0 Å². The van der Waals surface area contributed by atoms with Crippen LogP contribution in [0.25, 0.3) is 0 Å². The minimum Gasteiger partial charge on any atom is -0.487 e. The molecule has 1 nitrogen and oxygen atoms in total. The number of hydrogen-bond acceptors (Lipinski definition) is 1. The van der Waals surface area contributed by atoms with Gasteiger partial charge in [0, 0.05) is 12.0 Å². The third-order valence-electron chi connectivity index (χ3n) is 3.45. The summed E-state index contributed by atoms with van der Waals surface area (Å²) < 4.78 is 5.85. The lowest BCUT2D eigenvalue weighted by molar-refractivity contribution is -0.0774. The van der Waals surface area contributed by atoms with Gasteiger partial charge in [-0.1, -0.05) is 0 Å². The first-order chi connectivity index (χ1) is 5.41. The third kappa shape index (κ3) is 0.622. The SMILES string of the molecule is C1CCC23CCCC(=C2C1)O3. The quantitative estimate of drug-likeness (QED) is 0.516. The van der Waals surface area contributed by atoms with Gasteiger partial charge in [0.15, 0.2) is 0 Å².